The summed E-state index contributed by atoms with van der Waals surface area (Å²) in [5.41, 5.74) is 3.18. The normalized spacial score (nSPS) is 16.4. The molecule has 1 amide bonds. The Labute approximate surface area is 164 Å². The summed E-state index contributed by atoms with van der Waals surface area (Å²) in [7, 11) is 0. The van der Waals surface area contributed by atoms with E-state index in [-0.39, 0.29) is 11.9 Å². The van der Waals surface area contributed by atoms with Gasteiger partial charge in [0.15, 0.2) is 6.04 Å². The SMILES string of the molecule is Cc1ccccc1N1CC[NH+]([C@@H](C)C(=O)Nc2ccc(Cl)cc2Cl)CC1. The van der Waals surface area contributed by atoms with Crippen LogP contribution in [0.5, 0.6) is 0 Å². The summed E-state index contributed by atoms with van der Waals surface area (Å²) in [5.74, 6) is -0.0198. The molecule has 0 aromatic heterocycles. The number of hydrogen-bond acceptors (Lipinski definition) is 2. The smallest absolute Gasteiger partial charge is 0.282 e. The summed E-state index contributed by atoms with van der Waals surface area (Å²) in [6, 6.07) is 13.4. The van der Waals surface area contributed by atoms with E-state index in [1.165, 1.54) is 16.2 Å². The van der Waals surface area contributed by atoms with Crippen molar-refractivity contribution in [1.29, 1.82) is 0 Å². The minimum atomic E-state index is -0.138. The molecule has 3 rings (SSSR count). The van der Waals surface area contributed by atoms with Crippen LogP contribution >= 0.6 is 23.2 Å². The Morgan fingerprint density at radius 3 is 2.50 bits per heavy atom. The number of carbonyl (C=O) groups is 1. The monoisotopic (exact) mass is 392 g/mol. The number of quaternary nitrogens is 1. The van der Waals surface area contributed by atoms with Crippen LogP contribution in [0.2, 0.25) is 10.0 Å². The van der Waals surface area contributed by atoms with Gasteiger partial charge in [-0.1, -0.05) is 41.4 Å². The van der Waals surface area contributed by atoms with Crippen molar-refractivity contribution in [3.05, 3.63) is 58.1 Å². The van der Waals surface area contributed by atoms with Gasteiger partial charge in [-0.25, -0.2) is 0 Å². The number of nitrogens with zero attached hydrogens (tertiary/aromatic N) is 1. The van der Waals surface area contributed by atoms with Crippen molar-refractivity contribution in [3.8, 4) is 0 Å². The Hall–Kier alpha value is -1.75. The molecule has 0 unspecified atom stereocenters. The van der Waals surface area contributed by atoms with Crippen LogP contribution in [0.15, 0.2) is 42.5 Å². The van der Waals surface area contributed by atoms with Crippen LogP contribution in [0.4, 0.5) is 11.4 Å². The fourth-order valence-electron chi connectivity index (χ4n) is 3.40. The van der Waals surface area contributed by atoms with Crippen molar-refractivity contribution in [2.45, 2.75) is 19.9 Å². The third-order valence-corrected chi connectivity index (χ3v) is 5.60. The van der Waals surface area contributed by atoms with Gasteiger partial charge in [-0.05, 0) is 43.7 Å². The molecule has 0 aliphatic carbocycles. The second-order valence-corrected chi connectivity index (χ2v) is 7.61. The first-order valence-corrected chi connectivity index (χ1v) is 9.62. The fraction of sp³-hybridized carbons (Fsp3) is 0.350. The van der Waals surface area contributed by atoms with Crippen LogP contribution in [-0.4, -0.2) is 38.1 Å². The molecule has 0 radical (unpaired) electrons. The maximum atomic E-state index is 12.6. The second kappa shape index (κ2) is 8.30. The first-order chi connectivity index (χ1) is 12.5. The Balaban J connectivity index is 1.58. The van der Waals surface area contributed by atoms with Crippen molar-refractivity contribution in [1.82, 2.24) is 0 Å². The van der Waals surface area contributed by atoms with Crippen molar-refractivity contribution in [2.75, 3.05) is 36.4 Å². The van der Waals surface area contributed by atoms with E-state index in [1.807, 2.05) is 6.92 Å². The topological polar surface area (TPSA) is 36.8 Å². The number of piperazine rings is 1. The van der Waals surface area contributed by atoms with Gasteiger partial charge in [0, 0.05) is 10.7 Å². The average Bonchev–Trinajstić information content (AvgIpc) is 2.64. The highest BCUT2D eigenvalue weighted by molar-refractivity contribution is 6.36. The molecule has 138 valence electrons. The number of amides is 1. The fourth-order valence-corrected chi connectivity index (χ4v) is 3.86. The van der Waals surface area contributed by atoms with Crippen LogP contribution < -0.4 is 15.1 Å². The molecule has 1 heterocycles. The van der Waals surface area contributed by atoms with Gasteiger partial charge in [0.25, 0.3) is 5.91 Å². The largest absolute Gasteiger partial charge is 0.360 e. The number of halogens is 2. The highest BCUT2D eigenvalue weighted by Gasteiger charge is 2.29. The number of benzene rings is 2. The highest BCUT2D eigenvalue weighted by atomic mass is 35.5. The van der Waals surface area contributed by atoms with Crippen LogP contribution in [0.1, 0.15) is 12.5 Å². The maximum absolute atomic E-state index is 12.6. The lowest BCUT2D eigenvalue weighted by atomic mass is 10.1. The first kappa shape index (κ1) is 19.0. The summed E-state index contributed by atoms with van der Waals surface area (Å²) < 4.78 is 0. The number of carbonyl (C=O) groups excluding carboxylic acids is 1. The Bertz CT molecular complexity index is 788. The van der Waals surface area contributed by atoms with Gasteiger partial charge >= 0.3 is 0 Å². The van der Waals surface area contributed by atoms with Gasteiger partial charge in [-0.15, -0.1) is 0 Å². The van der Waals surface area contributed by atoms with E-state index >= 15 is 0 Å². The number of rotatable bonds is 4. The maximum Gasteiger partial charge on any atom is 0.282 e. The number of hydrogen-bond donors (Lipinski definition) is 2. The van der Waals surface area contributed by atoms with Crippen LogP contribution in [0.25, 0.3) is 0 Å². The standard InChI is InChI=1S/C20H23Cl2N3O/c1-14-5-3-4-6-19(14)25-11-9-24(10-12-25)15(2)20(26)23-18-8-7-16(21)13-17(18)22/h3-8,13,15H,9-12H2,1-2H3,(H,23,26)/p+1/t15-/m0/s1. The minimum absolute atomic E-state index is 0.0198. The summed E-state index contributed by atoms with van der Waals surface area (Å²) in [6.45, 7) is 7.85. The second-order valence-electron chi connectivity index (χ2n) is 6.77. The molecule has 1 aliphatic heterocycles. The van der Waals surface area contributed by atoms with Crippen LogP contribution in [0, 0.1) is 6.92 Å². The Morgan fingerprint density at radius 2 is 1.85 bits per heavy atom. The number of anilines is 2. The van der Waals surface area contributed by atoms with Gasteiger partial charge in [-0.2, -0.15) is 0 Å². The molecule has 1 atom stereocenters. The predicted octanol–water partition coefficient (Wildman–Crippen LogP) is 3.03. The molecule has 2 aromatic carbocycles. The van der Waals surface area contributed by atoms with Gasteiger partial charge < -0.3 is 15.1 Å². The summed E-state index contributed by atoms with van der Waals surface area (Å²) in [5, 5.41) is 3.93. The van der Waals surface area contributed by atoms with E-state index in [0.29, 0.717) is 15.7 Å². The van der Waals surface area contributed by atoms with Crippen molar-refractivity contribution in [3.63, 3.8) is 0 Å². The highest BCUT2D eigenvalue weighted by Crippen LogP contribution is 2.25. The molecule has 2 N–H and O–H groups in total. The van der Waals surface area contributed by atoms with Gasteiger partial charge in [0.1, 0.15) is 0 Å². The quantitative estimate of drug-likeness (QED) is 0.838. The molecular weight excluding hydrogens is 369 g/mol. The molecular formula is C20H24Cl2N3O+. The van der Waals surface area contributed by atoms with E-state index in [0.717, 1.165) is 26.2 Å². The lowest BCUT2D eigenvalue weighted by molar-refractivity contribution is -0.914. The molecule has 2 aromatic rings. The molecule has 1 fully saturated rings. The van der Waals surface area contributed by atoms with E-state index in [9.17, 15) is 4.79 Å². The lowest BCUT2D eigenvalue weighted by Crippen LogP contribution is -3.19. The molecule has 4 nitrogen and oxygen atoms in total. The van der Waals surface area contributed by atoms with E-state index in [1.54, 1.807) is 18.2 Å². The van der Waals surface area contributed by atoms with Crippen molar-refractivity contribution >= 4 is 40.5 Å². The molecule has 26 heavy (non-hydrogen) atoms. The molecule has 1 aliphatic rings. The van der Waals surface area contributed by atoms with Gasteiger partial charge in [0.05, 0.1) is 36.9 Å². The molecule has 6 heteroatoms. The van der Waals surface area contributed by atoms with Crippen LogP contribution in [-0.2, 0) is 4.79 Å². The van der Waals surface area contributed by atoms with Gasteiger partial charge in [-0.3, -0.25) is 4.79 Å². The average molecular weight is 393 g/mol. The van der Waals surface area contributed by atoms with Gasteiger partial charge in [0.2, 0.25) is 0 Å². The summed E-state index contributed by atoms with van der Waals surface area (Å²) in [4.78, 5) is 16.3. The molecule has 1 saturated heterocycles. The molecule has 0 saturated carbocycles. The zero-order valence-corrected chi connectivity index (χ0v) is 16.6. The lowest BCUT2D eigenvalue weighted by Gasteiger charge is -2.36. The summed E-state index contributed by atoms with van der Waals surface area (Å²) >= 11 is 12.1. The third-order valence-electron chi connectivity index (χ3n) is 5.06. The number of aryl methyl sites for hydroxylation is 1. The molecule has 0 bridgehead atoms. The number of para-hydroxylation sites is 1. The zero-order valence-electron chi connectivity index (χ0n) is 15.1. The summed E-state index contributed by atoms with van der Waals surface area (Å²) in [6.07, 6.45) is 0. The van der Waals surface area contributed by atoms with E-state index in [4.69, 9.17) is 23.2 Å². The first-order valence-electron chi connectivity index (χ1n) is 8.87. The van der Waals surface area contributed by atoms with E-state index < -0.39 is 0 Å². The van der Waals surface area contributed by atoms with Crippen molar-refractivity contribution < 1.29 is 9.69 Å². The zero-order chi connectivity index (χ0) is 18.7. The number of nitrogens with one attached hydrogen (secondary N) is 2. The Morgan fingerprint density at radius 1 is 1.15 bits per heavy atom. The van der Waals surface area contributed by atoms with E-state index in [2.05, 4.69) is 41.4 Å². The third kappa shape index (κ3) is 4.32. The Kier molecular flexibility index (Phi) is 6.07. The predicted molar refractivity (Wildman–Crippen MR) is 109 cm³/mol. The van der Waals surface area contributed by atoms with Crippen LogP contribution in [0.3, 0.4) is 0 Å². The molecule has 0 spiro atoms. The van der Waals surface area contributed by atoms with Crippen molar-refractivity contribution in [2.24, 2.45) is 0 Å². The minimum Gasteiger partial charge on any atom is -0.360 e.